The number of furan rings is 1. The van der Waals surface area contributed by atoms with Crippen molar-refractivity contribution in [3.8, 4) is 20.4 Å². The molecular weight excluding hydrogens is 655 g/mol. The van der Waals surface area contributed by atoms with E-state index < -0.39 is 13.3 Å². The number of hydrogen-bond donors (Lipinski definition) is 0. The normalized spacial score (nSPS) is 21.0. The van der Waals surface area contributed by atoms with Crippen LogP contribution in [-0.4, -0.2) is 36.5 Å². The first-order valence-electron chi connectivity index (χ1n) is 18.0. The zero-order chi connectivity index (χ0) is 31.9. The molecule has 3 aromatic heterocycles. The van der Waals surface area contributed by atoms with Crippen LogP contribution in [-0.2, 0) is 0 Å². The van der Waals surface area contributed by atoms with Crippen molar-refractivity contribution in [1.82, 2.24) is 4.90 Å². The number of fused-ring (bicyclic) bond motifs is 4. The molecule has 244 valence electrons. The topological polar surface area (TPSA) is 50.5 Å². The molecule has 3 aromatic rings. The van der Waals surface area contributed by atoms with Gasteiger partial charge in [0, 0.05) is 0 Å². The van der Waals surface area contributed by atoms with E-state index in [2.05, 4.69) is 46.8 Å². The predicted octanol–water partition coefficient (Wildman–Crippen LogP) is 10.6. The number of amides is 2. The number of imide groups is 1. The molecule has 0 radical (unpaired) electrons. The zero-order valence-electron chi connectivity index (χ0n) is 28.5. The molecule has 3 atom stereocenters. The summed E-state index contributed by atoms with van der Waals surface area (Å²) in [5.74, 6) is 2.05. The number of hydrogen-bond acceptors (Lipinski definition) is 5. The van der Waals surface area contributed by atoms with Gasteiger partial charge >= 0.3 is 276 Å². The van der Waals surface area contributed by atoms with Crippen LogP contribution in [0.1, 0.15) is 143 Å². The van der Waals surface area contributed by atoms with E-state index in [1.54, 1.807) is 8.79 Å². The summed E-state index contributed by atoms with van der Waals surface area (Å²) in [6, 6.07) is 5.09. The molecule has 6 rings (SSSR count). The molecule has 0 saturated heterocycles. The summed E-state index contributed by atoms with van der Waals surface area (Å²) >= 11 is 1.02. The van der Waals surface area contributed by atoms with Crippen LogP contribution >= 0.6 is 22.7 Å². The molecule has 4 nitrogen and oxygen atoms in total. The van der Waals surface area contributed by atoms with Crippen LogP contribution in [0.3, 0.4) is 0 Å². The van der Waals surface area contributed by atoms with Gasteiger partial charge in [-0.15, -0.1) is 0 Å². The van der Waals surface area contributed by atoms with E-state index >= 15 is 0 Å². The Morgan fingerprint density at radius 1 is 0.844 bits per heavy atom. The molecule has 5 heterocycles. The van der Waals surface area contributed by atoms with E-state index in [0.29, 0.717) is 35.1 Å². The second kappa shape index (κ2) is 13.8. The van der Waals surface area contributed by atoms with Gasteiger partial charge < -0.3 is 0 Å². The molecule has 3 unspecified atom stereocenters. The first-order valence-corrected chi connectivity index (χ1v) is 24.5. The van der Waals surface area contributed by atoms with Crippen LogP contribution < -0.4 is 8.79 Å². The predicted molar refractivity (Wildman–Crippen MR) is 193 cm³/mol. The number of rotatable bonds is 14. The second-order valence-electron chi connectivity index (χ2n) is 14.3. The summed E-state index contributed by atoms with van der Waals surface area (Å²) < 4.78 is 10.7. The summed E-state index contributed by atoms with van der Waals surface area (Å²) in [6.07, 6.45) is 16.3. The molecule has 0 bridgehead atoms. The summed E-state index contributed by atoms with van der Waals surface area (Å²) in [5.41, 5.74) is 1.03. The Hall–Kier alpha value is -1.64. The first kappa shape index (κ1) is 33.3. The Bertz CT molecular complexity index is 1540. The van der Waals surface area contributed by atoms with E-state index in [0.717, 1.165) is 41.2 Å². The van der Waals surface area contributed by atoms with Crippen LogP contribution in [0.2, 0.25) is 10.0 Å². The monoisotopic (exact) mass is 709 g/mol. The first-order chi connectivity index (χ1) is 21.8. The molecule has 2 amide bonds. The van der Waals surface area contributed by atoms with Crippen LogP contribution in [0, 0.1) is 25.7 Å². The molecule has 3 aliphatic rings. The summed E-state index contributed by atoms with van der Waals surface area (Å²) in [4.78, 5) is 34.8. The average Bonchev–Trinajstić information content (AvgIpc) is 3.83. The van der Waals surface area contributed by atoms with E-state index in [4.69, 9.17) is 4.42 Å². The van der Waals surface area contributed by atoms with Gasteiger partial charge in [0.1, 0.15) is 0 Å². The molecule has 1 aliphatic carbocycles. The summed E-state index contributed by atoms with van der Waals surface area (Å²) in [6.45, 7) is 13.8. The Balaban J connectivity index is 1.44. The molecule has 2 aliphatic heterocycles. The second-order valence-corrected chi connectivity index (χ2v) is 25.5. The van der Waals surface area contributed by atoms with E-state index in [1.165, 1.54) is 82.6 Å². The SMILES string of the molecule is CCCCC(CC)CN1C(=O)c2c(C)oc(-c3c[c]4c(s3)-c3sc(C)c[c]3[Ge]4([CH2]C(CC)CCCC)[CH]3CCCCC3)c2C1=O. The zero-order valence-corrected chi connectivity index (χ0v) is 32.2. The summed E-state index contributed by atoms with van der Waals surface area (Å²) in [5, 5.41) is 1.39. The van der Waals surface area contributed by atoms with Crippen LogP contribution in [0.25, 0.3) is 20.4 Å². The maximum absolute atomic E-state index is 14.0. The number of carbonyl (C=O) groups is 2. The van der Waals surface area contributed by atoms with Crippen molar-refractivity contribution in [2.24, 2.45) is 11.8 Å². The van der Waals surface area contributed by atoms with Gasteiger partial charge in [-0.2, -0.15) is 0 Å². The fraction of sp³-hybridized carbons (Fsp3) is 0.632. The van der Waals surface area contributed by atoms with Crippen molar-refractivity contribution < 1.29 is 14.0 Å². The van der Waals surface area contributed by atoms with Gasteiger partial charge in [-0.25, -0.2) is 0 Å². The van der Waals surface area contributed by atoms with Crippen molar-refractivity contribution in [3.63, 3.8) is 0 Å². The third-order valence-corrected chi connectivity index (χ3v) is 26.9. The van der Waals surface area contributed by atoms with Crippen molar-refractivity contribution in [2.75, 3.05) is 6.54 Å². The molecule has 1 fully saturated rings. The Kier molecular flexibility index (Phi) is 10.2. The van der Waals surface area contributed by atoms with Crippen molar-refractivity contribution in [2.45, 2.75) is 135 Å². The fourth-order valence-corrected chi connectivity index (χ4v) is 28.4. The molecule has 45 heavy (non-hydrogen) atoms. The van der Waals surface area contributed by atoms with Crippen LogP contribution in [0.15, 0.2) is 16.5 Å². The molecule has 7 heteroatoms. The van der Waals surface area contributed by atoms with Crippen molar-refractivity contribution in [3.05, 3.63) is 33.9 Å². The fourth-order valence-electron chi connectivity index (χ4n) is 8.87. The van der Waals surface area contributed by atoms with Gasteiger partial charge in [0.25, 0.3) is 0 Å². The molecule has 1 saturated carbocycles. The van der Waals surface area contributed by atoms with Crippen molar-refractivity contribution >= 4 is 56.5 Å². The van der Waals surface area contributed by atoms with Crippen LogP contribution in [0.4, 0.5) is 0 Å². The van der Waals surface area contributed by atoms with Crippen molar-refractivity contribution in [1.29, 1.82) is 0 Å². The van der Waals surface area contributed by atoms with E-state index in [-0.39, 0.29) is 11.8 Å². The van der Waals surface area contributed by atoms with Crippen LogP contribution in [0.5, 0.6) is 0 Å². The minimum absolute atomic E-state index is 0.149. The third kappa shape index (κ3) is 5.77. The summed E-state index contributed by atoms with van der Waals surface area (Å²) in [7, 11) is 0. The number of nitrogens with zero attached hydrogens (tertiary/aromatic N) is 1. The van der Waals surface area contributed by atoms with Gasteiger partial charge in [0.05, 0.1) is 0 Å². The minimum atomic E-state index is -2.82. The molecule has 0 spiro atoms. The number of unbranched alkanes of at least 4 members (excludes halogenated alkanes) is 2. The van der Waals surface area contributed by atoms with E-state index in [1.807, 2.05) is 29.6 Å². The van der Waals surface area contributed by atoms with Gasteiger partial charge in [-0.05, 0) is 0 Å². The van der Waals surface area contributed by atoms with Gasteiger partial charge in [0.15, 0.2) is 0 Å². The molecular formula is C38H53GeNO3S2. The third-order valence-electron chi connectivity index (χ3n) is 11.4. The number of thiophene rings is 2. The number of carbonyl (C=O) groups excluding carboxylic acids is 2. The quantitative estimate of drug-likeness (QED) is 0.124. The number of aryl methyl sites for hydroxylation is 2. The van der Waals surface area contributed by atoms with E-state index in [9.17, 15) is 9.59 Å². The average molecular weight is 709 g/mol. The Labute approximate surface area is 281 Å². The Morgan fingerprint density at radius 3 is 2.13 bits per heavy atom. The van der Waals surface area contributed by atoms with Gasteiger partial charge in [-0.1, -0.05) is 6.92 Å². The van der Waals surface area contributed by atoms with Gasteiger partial charge in [-0.3, -0.25) is 0 Å². The standard InChI is InChI=1S/C38H53GeNO3S2/c1-7-11-16-26(9-3)22-39(28-18-14-13-15-19-28)29-20-24(5)44-35(29)36-30(39)21-31(45-36)34-33-32(25(6)43-34)37(41)40(38(33)42)23-27(10-4)17-12-8-2/h20-21,26-28H,7-19,22-23H2,1-6H3. The maximum atomic E-state index is 14.0. The molecule has 0 aromatic carbocycles. The Morgan fingerprint density at radius 2 is 1.47 bits per heavy atom. The molecule has 0 N–H and O–H groups in total. The van der Waals surface area contributed by atoms with Gasteiger partial charge in [0.2, 0.25) is 0 Å².